The summed E-state index contributed by atoms with van der Waals surface area (Å²) in [7, 11) is -5.34. The van der Waals surface area contributed by atoms with Gasteiger partial charge in [-0.2, -0.15) is 16.8 Å². The lowest BCUT2D eigenvalue weighted by atomic mass is 10.4. The molecule has 0 radical (unpaired) electrons. The standard InChI is InChI=1S/C19H25N9O4S5/c1-22-17(23-6-8-33-11-13-12-35-18(25-13)26-16(20)21)27-36(29,30)14-4-3-5-15(10-14)37(31,32)28(2)19-24-7-9-34-19/h3-5,7,9-10,12H,6,8,11H2,1-2H3,(H2,22,23,27)(H4,20,21,25,26). The lowest BCUT2D eigenvalue weighted by Crippen LogP contribution is -2.41. The Bertz CT molecular complexity index is 1460. The van der Waals surface area contributed by atoms with Gasteiger partial charge in [0, 0.05) is 49.1 Å². The molecular weight excluding hydrogens is 579 g/mol. The zero-order valence-electron chi connectivity index (χ0n) is 19.7. The van der Waals surface area contributed by atoms with Gasteiger partial charge in [0.25, 0.3) is 20.0 Å². The molecule has 18 heteroatoms. The number of benzene rings is 1. The molecule has 0 aliphatic heterocycles. The van der Waals surface area contributed by atoms with Crippen LogP contribution in [0, 0.1) is 0 Å². The minimum absolute atomic E-state index is 0.0254. The molecule has 0 saturated carbocycles. The molecule has 3 rings (SSSR count). The molecule has 0 spiro atoms. The van der Waals surface area contributed by atoms with Gasteiger partial charge in [0.2, 0.25) is 11.1 Å². The van der Waals surface area contributed by atoms with Gasteiger partial charge in [-0.05, 0) is 18.2 Å². The van der Waals surface area contributed by atoms with Gasteiger partial charge in [0.05, 0.1) is 15.5 Å². The first-order valence-electron chi connectivity index (χ1n) is 10.4. The summed E-state index contributed by atoms with van der Waals surface area (Å²) < 4.78 is 55.2. The van der Waals surface area contributed by atoms with Gasteiger partial charge < -0.3 is 16.8 Å². The van der Waals surface area contributed by atoms with Crippen molar-refractivity contribution in [3.63, 3.8) is 0 Å². The number of hydrogen-bond acceptors (Lipinski definition) is 11. The van der Waals surface area contributed by atoms with Crippen molar-refractivity contribution in [2.45, 2.75) is 15.5 Å². The Balaban J connectivity index is 1.57. The molecule has 0 fully saturated rings. The highest BCUT2D eigenvalue weighted by atomic mass is 32.2. The van der Waals surface area contributed by atoms with Crippen molar-refractivity contribution in [3.8, 4) is 0 Å². The van der Waals surface area contributed by atoms with Crippen LogP contribution >= 0.6 is 34.4 Å². The van der Waals surface area contributed by atoms with Crippen LogP contribution in [-0.2, 0) is 25.8 Å². The maximum Gasteiger partial charge on any atom is 0.265 e. The van der Waals surface area contributed by atoms with E-state index in [1.54, 1.807) is 17.1 Å². The smallest absolute Gasteiger partial charge is 0.265 e. The lowest BCUT2D eigenvalue weighted by Gasteiger charge is -2.17. The van der Waals surface area contributed by atoms with Crippen LogP contribution in [0.3, 0.4) is 0 Å². The molecule has 1 aromatic carbocycles. The van der Waals surface area contributed by atoms with Crippen LogP contribution in [0.4, 0.5) is 10.3 Å². The van der Waals surface area contributed by atoms with E-state index in [9.17, 15) is 16.8 Å². The maximum atomic E-state index is 13.0. The zero-order chi connectivity index (χ0) is 27.1. The first-order valence-corrected chi connectivity index (χ1v) is 16.2. The van der Waals surface area contributed by atoms with Crippen LogP contribution in [-0.4, -0.2) is 65.1 Å². The van der Waals surface area contributed by atoms with Crippen LogP contribution in [0.2, 0.25) is 0 Å². The average Bonchev–Trinajstić information content (AvgIpc) is 3.55. The summed E-state index contributed by atoms with van der Waals surface area (Å²) in [4.78, 5) is 15.7. The Morgan fingerprint density at radius 2 is 1.95 bits per heavy atom. The van der Waals surface area contributed by atoms with Gasteiger partial charge in [-0.1, -0.05) is 6.07 Å². The maximum absolute atomic E-state index is 13.0. The Kier molecular flexibility index (Phi) is 9.71. The monoisotopic (exact) mass is 603 g/mol. The summed E-state index contributed by atoms with van der Waals surface area (Å²) >= 11 is 4.05. The number of thioether (sulfide) groups is 1. The van der Waals surface area contributed by atoms with Gasteiger partial charge in [-0.15, -0.1) is 22.7 Å². The number of aromatic nitrogens is 2. The molecule has 37 heavy (non-hydrogen) atoms. The van der Waals surface area contributed by atoms with Gasteiger partial charge in [0.1, 0.15) is 0 Å². The first kappa shape index (κ1) is 28.6. The molecule has 13 nitrogen and oxygen atoms in total. The predicted octanol–water partition coefficient (Wildman–Crippen LogP) is 1.12. The highest BCUT2D eigenvalue weighted by Gasteiger charge is 2.25. The molecule has 6 N–H and O–H groups in total. The van der Waals surface area contributed by atoms with E-state index < -0.39 is 20.0 Å². The van der Waals surface area contributed by atoms with Crippen molar-refractivity contribution >= 4 is 76.7 Å². The van der Waals surface area contributed by atoms with Crippen molar-refractivity contribution < 1.29 is 16.8 Å². The minimum Gasteiger partial charge on any atom is -0.370 e. The van der Waals surface area contributed by atoms with E-state index in [1.807, 2.05) is 5.38 Å². The fourth-order valence-electron chi connectivity index (χ4n) is 2.72. The molecule has 0 aliphatic rings. The van der Waals surface area contributed by atoms with E-state index in [2.05, 4.69) is 30.0 Å². The van der Waals surface area contributed by atoms with Crippen LogP contribution < -0.4 is 25.8 Å². The van der Waals surface area contributed by atoms with Gasteiger partial charge in [-0.3, -0.25) is 4.99 Å². The second-order valence-corrected chi connectivity index (χ2v) is 13.5. The molecule has 0 aliphatic carbocycles. The third-order valence-electron chi connectivity index (χ3n) is 4.47. The molecular formula is C19H25N9O4S5. The normalized spacial score (nSPS) is 12.2. The second-order valence-electron chi connectivity index (χ2n) is 7.08. The number of nitrogens with one attached hydrogen (secondary N) is 2. The minimum atomic E-state index is -4.11. The fourth-order valence-corrected chi connectivity index (χ4v) is 7.47. The molecule has 200 valence electrons. The van der Waals surface area contributed by atoms with Crippen molar-refractivity contribution in [2.24, 2.45) is 21.5 Å². The van der Waals surface area contributed by atoms with E-state index in [4.69, 9.17) is 11.5 Å². The molecule has 0 unspecified atom stereocenters. The quantitative estimate of drug-likeness (QED) is 0.140. The molecule has 2 aromatic heterocycles. The van der Waals surface area contributed by atoms with E-state index >= 15 is 0 Å². The summed E-state index contributed by atoms with van der Waals surface area (Å²) in [5.41, 5.74) is 11.5. The molecule has 0 saturated heterocycles. The predicted molar refractivity (Wildman–Crippen MR) is 150 cm³/mol. The molecule has 0 atom stereocenters. The van der Waals surface area contributed by atoms with Gasteiger partial charge >= 0.3 is 0 Å². The largest absolute Gasteiger partial charge is 0.370 e. The Hall–Kier alpha value is -2.93. The van der Waals surface area contributed by atoms with Crippen LogP contribution in [0.25, 0.3) is 0 Å². The summed E-state index contributed by atoms with van der Waals surface area (Å²) in [6.07, 6.45) is 1.48. The molecule has 0 amide bonds. The Labute approximate surface area is 227 Å². The second kappa shape index (κ2) is 12.5. The number of nitrogens with zero attached hydrogens (tertiary/aromatic N) is 5. The molecule has 2 heterocycles. The molecule has 0 bridgehead atoms. The number of aliphatic imine (C=N–C) groups is 2. The lowest BCUT2D eigenvalue weighted by molar-refractivity contribution is 0.590. The van der Waals surface area contributed by atoms with E-state index in [0.29, 0.717) is 23.2 Å². The number of sulfonamides is 2. The Morgan fingerprint density at radius 1 is 1.19 bits per heavy atom. The van der Waals surface area contributed by atoms with Gasteiger partial charge in [0.15, 0.2) is 11.1 Å². The SMILES string of the molecule is CN=C(NCCSCc1csc(N=C(N)N)n1)NS(=O)(=O)c1cccc(S(=O)(=O)N(C)c2nccs2)c1. The van der Waals surface area contributed by atoms with Crippen molar-refractivity contribution in [1.29, 1.82) is 0 Å². The van der Waals surface area contributed by atoms with Crippen molar-refractivity contribution in [1.82, 2.24) is 20.0 Å². The number of nitrogens with two attached hydrogens (primary N) is 2. The number of rotatable bonds is 11. The first-order chi connectivity index (χ1) is 17.5. The zero-order valence-corrected chi connectivity index (χ0v) is 23.8. The number of anilines is 1. The molecule has 3 aromatic rings. The number of thiazole rings is 2. The topological polar surface area (TPSA) is 198 Å². The average molecular weight is 604 g/mol. The third-order valence-corrected chi connectivity index (χ3v) is 10.3. The summed E-state index contributed by atoms with van der Waals surface area (Å²) in [5, 5.41) is 7.18. The van der Waals surface area contributed by atoms with Crippen molar-refractivity contribution in [3.05, 3.63) is 46.9 Å². The summed E-state index contributed by atoms with van der Waals surface area (Å²) in [5.74, 6) is 1.23. The van der Waals surface area contributed by atoms with Crippen molar-refractivity contribution in [2.75, 3.05) is 30.7 Å². The fraction of sp³-hybridized carbons (Fsp3) is 0.263. The summed E-state index contributed by atoms with van der Waals surface area (Å²) in [6, 6.07) is 5.08. The Morgan fingerprint density at radius 3 is 2.62 bits per heavy atom. The van der Waals surface area contributed by atoms with E-state index in [-0.39, 0.29) is 26.8 Å². The summed E-state index contributed by atoms with van der Waals surface area (Å²) in [6.45, 7) is 0.414. The van der Waals surface area contributed by atoms with Crippen LogP contribution in [0.15, 0.2) is 61.0 Å². The van der Waals surface area contributed by atoms with Crippen LogP contribution in [0.1, 0.15) is 5.69 Å². The number of guanidine groups is 2. The van der Waals surface area contributed by atoms with Gasteiger partial charge in [-0.25, -0.2) is 35.8 Å². The number of hydrogen-bond donors (Lipinski definition) is 4. The van der Waals surface area contributed by atoms with Crippen LogP contribution in [0.5, 0.6) is 0 Å². The van der Waals surface area contributed by atoms with E-state index in [1.165, 1.54) is 49.8 Å². The highest BCUT2D eigenvalue weighted by Crippen LogP contribution is 2.25. The van der Waals surface area contributed by atoms with E-state index in [0.717, 1.165) is 27.4 Å². The highest BCUT2D eigenvalue weighted by molar-refractivity contribution is 7.98. The third kappa shape index (κ3) is 7.78.